The first-order valence-corrected chi connectivity index (χ1v) is 11.6. The van der Waals surface area contributed by atoms with Gasteiger partial charge in [0.25, 0.3) is 5.91 Å². The number of aryl methyl sites for hydroxylation is 1. The van der Waals surface area contributed by atoms with E-state index in [1.165, 1.54) is 5.56 Å². The molecule has 2 aliphatic rings. The highest BCUT2D eigenvalue weighted by molar-refractivity contribution is 5.99. The third-order valence-corrected chi connectivity index (χ3v) is 6.73. The van der Waals surface area contributed by atoms with Gasteiger partial charge in [-0.15, -0.1) is 0 Å². The summed E-state index contributed by atoms with van der Waals surface area (Å²) in [7, 11) is 0. The third kappa shape index (κ3) is 5.07. The SMILES string of the molecule is CCC1CCC(NC(=O)c2cc(OCCc3cccc(C)c3)c3c(c2)OCO3)(C(=O)O)CC1. The van der Waals surface area contributed by atoms with Crippen molar-refractivity contribution in [3.05, 3.63) is 53.1 Å². The molecule has 1 saturated carbocycles. The van der Waals surface area contributed by atoms with Crippen molar-refractivity contribution in [2.45, 2.75) is 57.9 Å². The van der Waals surface area contributed by atoms with Crippen molar-refractivity contribution in [2.75, 3.05) is 13.4 Å². The van der Waals surface area contributed by atoms with Crippen molar-refractivity contribution >= 4 is 11.9 Å². The molecule has 2 aromatic rings. The molecule has 4 rings (SSSR count). The maximum absolute atomic E-state index is 13.1. The van der Waals surface area contributed by atoms with Crippen molar-refractivity contribution in [3.63, 3.8) is 0 Å². The van der Waals surface area contributed by atoms with Crippen molar-refractivity contribution < 1.29 is 28.9 Å². The van der Waals surface area contributed by atoms with Gasteiger partial charge in [-0.2, -0.15) is 0 Å². The van der Waals surface area contributed by atoms with Gasteiger partial charge in [-0.25, -0.2) is 4.79 Å². The van der Waals surface area contributed by atoms with Crippen LogP contribution in [-0.4, -0.2) is 35.9 Å². The number of fused-ring (bicyclic) bond motifs is 1. The van der Waals surface area contributed by atoms with Crippen LogP contribution in [0.15, 0.2) is 36.4 Å². The average Bonchev–Trinajstić information content (AvgIpc) is 3.28. The molecule has 1 aliphatic heterocycles. The third-order valence-electron chi connectivity index (χ3n) is 6.73. The first kappa shape index (κ1) is 23.0. The minimum absolute atomic E-state index is 0.0477. The lowest BCUT2D eigenvalue weighted by Crippen LogP contribution is -2.56. The predicted molar refractivity (Wildman–Crippen MR) is 123 cm³/mol. The molecule has 0 saturated heterocycles. The molecule has 1 fully saturated rings. The van der Waals surface area contributed by atoms with Gasteiger partial charge in [0.15, 0.2) is 11.5 Å². The Hall–Kier alpha value is -3.22. The molecule has 0 spiro atoms. The molecule has 1 heterocycles. The largest absolute Gasteiger partial charge is 0.489 e. The molecule has 0 radical (unpaired) electrons. The maximum atomic E-state index is 13.1. The Morgan fingerprint density at radius 2 is 1.97 bits per heavy atom. The van der Waals surface area contributed by atoms with E-state index in [0.717, 1.165) is 24.8 Å². The van der Waals surface area contributed by atoms with E-state index in [-0.39, 0.29) is 6.79 Å². The standard InChI is InChI=1S/C26H31NO6/c1-3-18-7-10-26(11-8-18,25(29)30)27-24(28)20-14-21(23-22(15-20)32-16-33-23)31-12-9-19-6-4-5-17(2)13-19/h4-6,13-15,18H,3,7-12,16H2,1-2H3,(H,27,28)(H,29,30). The minimum Gasteiger partial charge on any atom is -0.489 e. The number of rotatable bonds is 8. The molecule has 33 heavy (non-hydrogen) atoms. The summed E-state index contributed by atoms with van der Waals surface area (Å²) in [5, 5.41) is 12.7. The van der Waals surface area contributed by atoms with Gasteiger partial charge in [0.1, 0.15) is 5.54 Å². The molecule has 0 atom stereocenters. The van der Waals surface area contributed by atoms with Crippen LogP contribution in [0.4, 0.5) is 0 Å². The Morgan fingerprint density at radius 1 is 1.18 bits per heavy atom. The molecule has 176 valence electrons. The van der Waals surface area contributed by atoms with Gasteiger partial charge in [0.2, 0.25) is 12.5 Å². The van der Waals surface area contributed by atoms with Crippen LogP contribution in [0.2, 0.25) is 0 Å². The minimum atomic E-state index is -1.24. The van der Waals surface area contributed by atoms with Crippen LogP contribution in [0.5, 0.6) is 17.2 Å². The number of hydrogen-bond donors (Lipinski definition) is 2. The fourth-order valence-corrected chi connectivity index (χ4v) is 4.62. The summed E-state index contributed by atoms with van der Waals surface area (Å²) in [6, 6.07) is 11.4. The smallest absolute Gasteiger partial charge is 0.329 e. The van der Waals surface area contributed by atoms with E-state index in [9.17, 15) is 14.7 Å². The molecule has 1 aliphatic carbocycles. The number of hydrogen-bond acceptors (Lipinski definition) is 5. The molecule has 2 aromatic carbocycles. The molecular formula is C26H31NO6. The van der Waals surface area contributed by atoms with Crippen LogP contribution in [0, 0.1) is 12.8 Å². The summed E-state index contributed by atoms with van der Waals surface area (Å²) in [5.74, 6) is 0.379. The van der Waals surface area contributed by atoms with E-state index >= 15 is 0 Å². The highest BCUT2D eigenvalue weighted by Crippen LogP contribution is 2.42. The van der Waals surface area contributed by atoms with E-state index in [1.807, 2.05) is 25.1 Å². The first-order chi connectivity index (χ1) is 15.9. The van der Waals surface area contributed by atoms with Gasteiger partial charge in [0.05, 0.1) is 6.61 Å². The second kappa shape index (κ2) is 9.73. The van der Waals surface area contributed by atoms with Crippen molar-refractivity contribution in [3.8, 4) is 17.2 Å². The van der Waals surface area contributed by atoms with Gasteiger partial charge in [-0.1, -0.05) is 43.2 Å². The summed E-state index contributed by atoms with van der Waals surface area (Å²) in [5.41, 5.74) is 1.39. The van der Waals surface area contributed by atoms with E-state index in [1.54, 1.807) is 12.1 Å². The van der Waals surface area contributed by atoms with Crippen LogP contribution < -0.4 is 19.5 Å². The zero-order valence-electron chi connectivity index (χ0n) is 19.2. The molecule has 0 unspecified atom stereocenters. The topological polar surface area (TPSA) is 94.1 Å². The molecule has 1 amide bonds. The maximum Gasteiger partial charge on any atom is 0.329 e. The van der Waals surface area contributed by atoms with Crippen molar-refractivity contribution in [2.24, 2.45) is 5.92 Å². The fourth-order valence-electron chi connectivity index (χ4n) is 4.62. The second-order valence-corrected chi connectivity index (χ2v) is 8.99. The van der Waals surface area contributed by atoms with Crippen LogP contribution >= 0.6 is 0 Å². The number of nitrogens with one attached hydrogen (secondary N) is 1. The normalized spacial score (nSPS) is 21.5. The van der Waals surface area contributed by atoms with E-state index < -0.39 is 17.4 Å². The molecule has 7 heteroatoms. The van der Waals surface area contributed by atoms with Gasteiger partial charge in [-0.05, 0) is 56.2 Å². The Balaban J connectivity index is 1.49. The Labute approximate surface area is 194 Å². The number of benzene rings is 2. The Bertz CT molecular complexity index is 1030. The van der Waals surface area contributed by atoms with Gasteiger partial charge < -0.3 is 24.6 Å². The fraction of sp³-hybridized carbons (Fsp3) is 0.462. The van der Waals surface area contributed by atoms with Gasteiger partial charge in [0, 0.05) is 12.0 Å². The van der Waals surface area contributed by atoms with Crippen molar-refractivity contribution in [1.29, 1.82) is 0 Å². The van der Waals surface area contributed by atoms with E-state index in [2.05, 4.69) is 18.3 Å². The van der Waals surface area contributed by atoms with Crippen LogP contribution in [0.1, 0.15) is 60.5 Å². The first-order valence-electron chi connectivity index (χ1n) is 11.6. The summed E-state index contributed by atoms with van der Waals surface area (Å²) in [6.45, 7) is 4.61. The number of carboxylic acid groups (broad SMARTS) is 1. The number of aliphatic carboxylic acids is 1. The van der Waals surface area contributed by atoms with Crippen LogP contribution in [-0.2, 0) is 11.2 Å². The highest BCUT2D eigenvalue weighted by atomic mass is 16.7. The molecule has 7 nitrogen and oxygen atoms in total. The number of carbonyl (C=O) groups is 2. The lowest BCUT2D eigenvalue weighted by Gasteiger charge is -2.37. The number of carboxylic acids is 1. The molecular weight excluding hydrogens is 422 g/mol. The van der Waals surface area contributed by atoms with E-state index in [4.69, 9.17) is 14.2 Å². The Kier molecular flexibility index (Phi) is 6.77. The zero-order valence-corrected chi connectivity index (χ0v) is 19.2. The predicted octanol–water partition coefficient (Wildman–Crippen LogP) is 4.50. The molecule has 2 N–H and O–H groups in total. The van der Waals surface area contributed by atoms with Gasteiger partial charge >= 0.3 is 5.97 Å². The quantitative estimate of drug-likeness (QED) is 0.611. The summed E-state index contributed by atoms with van der Waals surface area (Å²) in [4.78, 5) is 25.2. The lowest BCUT2D eigenvalue weighted by molar-refractivity contribution is -0.146. The zero-order chi connectivity index (χ0) is 23.4. The average molecular weight is 454 g/mol. The summed E-state index contributed by atoms with van der Waals surface area (Å²) >= 11 is 0. The number of amides is 1. The van der Waals surface area contributed by atoms with Gasteiger partial charge in [-0.3, -0.25) is 4.79 Å². The Morgan fingerprint density at radius 3 is 2.67 bits per heavy atom. The molecule has 0 aromatic heterocycles. The van der Waals surface area contributed by atoms with Crippen molar-refractivity contribution in [1.82, 2.24) is 5.32 Å². The lowest BCUT2D eigenvalue weighted by atomic mass is 9.75. The van der Waals surface area contributed by atoms with E-state index in [0.29, 0.717) is 54.6 Å². The highest BCUT2D eigenvalue weighted by Gasteiger charge is 2.43. The number of carbonyl (C=O) groups excluding carboxylic acids is 1. The van der Waals surface area contributed by atoms with Crippen LogP contribution in [0.25, 0.3) is 0 Å². The number of ether oxygens (including phenoxy) is 3. The van der Waals surface area contributed by atoms with Crippen LogP contribution in [0.3, 0.4) is 0 Å². The second-order valence-electron chi connectivity index (χ2n) is 8.99. The molecule has 0 bridgehead atoms. The monoisotopic (exact) mass is 453 g/mol. The summed E-state index contributed by atoms with van der Waals surface area (Å²) in [6.07, 6.45) is 4.16. The summed E-state index contributed by atoms with van der Waals surface area (Å²) < 4.78 is 17.0.